The average Bonchev–Trinajstić information content (AvgIpc) is 3.48. The maximum atomic E-state index is 13.3. The third-order valence-corrected chi connectivity index (χ3v) is 12.8. The number of piperazine rings is 1. The number of imide groups is 2. The summed E-state index contributed by atoms with van der Waals surface area (Å²) in [4.78, 5) is 82.8. The van der Waals surface area contributed by atoms with Crippen LogP contribution in [0.4, 0.5) is 11.5 Å². The number of fused-ring (bicyclic) bond motifs is 1. The Labute approximate surface area is 345 Å². The van der Waals surface area contributed by atoms with E-state index < -0.39 is 23.8 Å². The third kappa shape index (κ3) is 8.96. The second kappa shape index (κ2) is 17.8. The third-order valence-electron chi connectivity index (χ3n) is 12.8. The Morgan fingerprint density at radius 1 is 0.847 bits per heavy atom. The second-order valence-corrected chi connectivity index (χ2v) is 16.9. The van der Waals surface area contributed by atoms with Gasteiger partial charge in [0.15, 0.2) is 11.6 Å². The number of rotatable bonds is 15. The van der Waals surface area contributed by atoms with Crippen LogP contribution in [0.2, 0.25) is 0 Å². The molecule has 5 aliphatic heterocycles. The normalized spacial score (nSPS) is 20.8. The first-order valence-electron chi connectivity index (χ1n) is 21.3. The summed E-state index contributed by atoms with van der Waals surface area (Å²) >= 11 is 0. The first kappa shape index (κ1) is 40.4. The van der Waals surface area contributed by atoms with Crippen molar-refractivity contribution in [3.63, 3.8) is 0 Å². The van der Waals surface area contributed by atoms with Gasteiger partial charge in [-0.15, -0.1) is 0 Å². The number of carbonyl (C=O) groups is 5. The molecule has 5 aliphatic rings. The zero-order valence-electron chi connectivity index (χ0n) is 34.0. The SMILES string of the molecule is CN1CCC2(CC1)CN(c1ncncc1Oc1ccccc1C(=O)NCCCCCCCCN1CCN(c3ccc4c(c3)C(=O)N(C3CCC(=O)NC3=O)C4=O)CC1)C2. The minimum Gasteiger partial charge on any atom is -0.451 e. The minimum atomic E-state index is -0.964. The lowest BCUT2D eigenvalue weighted by Gasteiger charge is -2.54. The number of aromatic nitrogens is 2. The summed E-state index contributed by atoms with van der Waals surface area (Å²) in [6.45, 7) is 9.28. The number of nitrogens with zero attached hydrogens (tertiary/aromatic N) is 7. The molecule has 59 heavy (non-hydrogen) atoms. The lowest BCUT2D eigenvalue weighted by Crippen LogP contribution is -2.60. The van der Waals surface area contributed by atoms with Crippen molar-refractivity contribution in [2.24, 2.45) is 5.41 Å². The average molecular weight is 806 g/mol. The number of hydrogen-bond acceptors (Lipinski definition) is 12. The molecule has 4 saturated heterocycles. The van der Waals surface area contributed by atoms with Crippen LogP contribution < -0.4 is 25.2 Å². The fourth-order valence-corrected chi connectivity index (χ4v) is 9.15. The van der Waals surface area contributed by atoms with Crippen molar-refractivity contribution in [1.82, 2.24) is 35.3 Å². The largest absolute Gasteiger partial charge is 0.451 e. The Bertz CT molecular complexity index is 2050. The van der Waals surface area contributed by atoms with Crippen LogP contribution in [0, 0.1) is 5.41 Å². The molecule has 15 heteroatoms. The van der Waals surface area contributed by atoms with Crippen molar-refractivity contribution in [3.05, 3.63) is 71.7 Å². The van der Waals surface area contributed by atoms with Gasteiger partial charge in [0, 0.05) is 63.3 Å². The van der Waals surface area contributed by atoms with Gasteiger partial charge >= 0.3 is 0 Å². The molecule has 1 aromatic heterocycles. The van der Waals surface area contributed by atoms with E-state index >= 15 is 0 Å². The summed E-state index contributed by atoms with van der Waals surface area (Å²) in [6.07, 6.45) is 12.4. The standard InChI is InChI=1S/C44H55N9O6/c1-49-20-16-44(17-21-49)28-52(29-44)39-37(27-45-30-47-39)59-36-11-7-6-10-33(36)40(55)46-18-8-4-2-3-5-9-19-50-22-24-51(25-23-50)31-12-13-32-34(26-31)43(58)53(42(32)57)35-14-15-38(54)48-41(35)56/h6-7,10-13,26-27,30,35H,2-5,8-9,14-25,28-29H2,1H3,(H,46,55)(H,48,54,56). The van der Waals surface area contributed by atoms with E-state index in [0.717, 1.165) is 114 Å². The Morgan fingerprint density at radius 3 is 2.36 bits per heavy atom. The highest BCUT2D eigenvalue weighted by molar-refractivity contribution is 6.23. The molecule has 0 radical (unpaired) electrons. The molecule has 0 aliphatic carbocycles. The van der Waals surface area contributed by atoms with Gasteiger partial charge in [-0.2, -0.15) is 0 Å². The highest BCUT2D eigenvalue weighted by Crippen LogP contribution is 2.44. The number of anilines is 2. The van der Waals surface area contributed by atoms with Crippen molar-refractivity contribution >= 4 is 41.0 Å². The Hall–Kier alpha value is -5.41. The van der Waals surface area contributed by atoms with E-state index in [4.69, 9.17) is 4.74 Å². The lowest BCUT2D eigenvalue weighted by atomic mass is 9.72. The first-order chi connectivity index (χ1) is 28.7. The quantitative estimate of drug-likeness (QED) is 0.168. The molecule has 312 valence electrons. The van der Waals surface area contributed by atoms with Crippen LogP contribution in [0.1, 0.15) is 95.3 Å². The van der Waals surface area contributed by atoms with Crippen LogP contribution >= 0.6 is 0 Å². The Morgan fingerprint density at radius 2 is 1.58 bits per heavy atom. The van der Waals surface area contributed by atoms with E-state index in [0.29, 0.717) is 40.1 Å². The first-order valence-corrected chi connectivity index (χ1v) is 21.3. The number of unbranched alkanes of at least 4 members (excludes halogenated alkanes) is 5. The number of benzene rings is 2. The number of ether oxygens (including phenoxy) is 1. The second-order valence-electron chi connectivity index (χ2n) is 16.9. The molecule has 6 heterocycles. The summed E-state index contributed by atoms with van der Waals surface area (Å²) in [6, 6.07) is 11.7. The van der Waals surface area contributed by atoms with Gasteiger partial charge in [0.1, 0.15) is 18.1 Å². The maximum absolute atomic E-state index is 13.3. The zero-order chi connectivity index (χ0) is 40.9. The topological polar surface area (TPSA) is 161 Å². The summed E-state index contributed by atoms with van der Waals surface area (Å²) in [7, 11) is 2.19. The van der Waals surface area contributed by atoms with Gasteiger partial charge in [0.2, 0.25) is 11.8 Å². The number of likely N-dealkylation sites (tertiary alicyclic amines) is 1. The Balaban J connectivity index is 0.708. The molecule has 1 unspecified atom stereocenters. The molecule has 1 spiro atoms. The fraction of sp³-hybridized carbons (Fsp3) is 0.523. The summed E-state index contributed by atoms with van der Waals surface area (Å²) in [5.41, 5.74) is 2.35. The predicted molar refractivity (Wildman–Crippen MR) is 222 cm³/mol. The van der Waals surface area contributed by atoms with Crippen LogP contribution in [0.15, 0.2) is 55.0 Å². The molecule has 0 bridgehead atoms. The Kier molecular flexibility index (Phi) is 12.2. The molecule has 2 aromatic carbocycles. The van der Waals surface area contributed by atoms with Crippen molar-refractivity contribution < 1.29 is 28.7 Å². The zero-order valence-corrected chi connectivity index (χ0v) is 34.0. The van der Waals surface area contributed by atoms with Crippen LogP contribution in [0.25, 0.3) is 0 Å². The van der Waals surface area contributed by atoms with Gasteiger partial charge in [-0.1, -0.05) is 37.8 Å². The fourth-order valence-electron chi connectivity index (χ4n) is 9.15. The van der Waals surface area contributed by atoms with Crippen LogP contribution in [0.3, 0.4) is 0 Å². The molecular formula is C44H55N9O6. The molecule has 2 N–H and O–H groups in total. The number of amides is 5. The molecule has 15 nitrogen and oxygen atoms in total. The molecule has 3 aromatic rings. The van der Waals surface area contributed by atoms with Gasteiger partial charge in [-0.3, -0.25) is 39.1 Å². The summed E-state index contributed by atoms with van der Waals surface area (Å²) < 4.78 is 6.33. The van der Waals surface area contributed by atoms with Crippen molar-refractivity contribution in [2.45, 2.75) is 70.3 Å². The smallest absolute Gasteiger partial charge is 0.262 e. The minimum absolute atomic E-state index is 0.0975. The van der Waals surface area contributed by atoms with Crippen molar-refractivity contribution in [2.75, 3.05) is 82.3 Å². The lowest BCUT2D eigenvalue weighted by molar-refractivity contribution is -0.136. The van der Waals surface area contributed by atoms with Gasteiger partial charge in [0.25, 0.3) is 17.7 Å². The van der Waals surface area contributed by atoms with E-state index in [-0.39, 0.29) is 24.7 Å². The van der Waals surface area contributed by atoms with E-state index in [2.05, 4.69) is 47.2 Å². The van der Waals surface area contributed by atoms with E-state index in [1.807, 2.05) is 24.3 Å². The summed E-state index contributed by atoms with van der Waals surface area (Å²) in [5.74, 6) is -0.268. The van der Waals surface area contributed by atoms with Crippen LogP contribution in [-0.4, -0.2) is 133 Å². The highest BCUT2D eigenvalue weighted by atomic mass is 16.5. The van der Waals surface area contributed by atoms with E-state index in [9.17, 15) is 24.0 Å². The molecular weight excluding hydrogens is 751 g/mol. The number of piperidine rings is 2. The molecule has 0 saturated carbocycles. The van der Waals surface area contributed by atoms with E-state index in [1.54, 1.807) is 30.7 Å². The molecule has 4 fully saturated rings. The number of carbonyl (C=O) groups excluding carboxylic acids is 5. The predicted octanol–water partition coefficient (Wildman–Crippen LogP) is 4.09. The van der Waals surface area contributed by atoms with Crippen LogP contribution in [-0.2, 0) is 9.59 Å². The number of nitrogens with one attached hydrogen (secondary N) is 2. The van der Waals surface area contributed by atoms with Crippen LogP contribution in [0.5, 0.6) is 11.5 Å². The molecule has 1 atom stereocenters. The van der Waals surface area contributed by atoms with Gasteiger partial charge in [0.05, 0.1) is 22.9 Å². The van der Waals surface area contributed by atoms with Crippen molar-refractivity contribution in [1.29, 1.82) is 0 Å². The molecule has 5 amide bonds. The van der Waals surface area contributed by atoms with Gasteiger partial charge in [-0.05, 0) is 89.1 Å². The molecule has 8 rings (SSSR count). The number of hydrogen-bond donors (Lipinski definition) is 2. The van der Waals surface area contributed by atoms with Gasteiger partial charge < -0.3 is 24.8 Å². The van der Waals surface area contributed by atoms with E-state index in [1.165, 1.54) is 12.8 Å². The summed E-state index contributed by atoms with van der Waals surface area (Å²) in [5, 5.41) is 5.33. The van der Waals surface area contributed by atoms with Crippen molar-refractivity contribution in [3.8, 4) is 11.5 Å². The monoisotopic (exact) mass is 805 g/mol. The maximum Gasteiger partial charge on any atom is 0.262 e. The number of para-hydroxylation sites is 1. The van der Waals surface area contributed by atoms with Gasteiger partial charge in [-0.25, -0.2) is 9.97 Å². The highest BCUT2D eigenvalue weighted by Gasteiger charge is 2.46.